The Morgan fingerprint density at radius 3 is 2.65 bits per heavy atom. The molecular weight excluding hydrogens is 332 g/mol. The van der Waals surface area contributed by atoms with Gasteiger partial charge in [-0.05, 0) is 36.2 Å². The molecule has 0 fully saturated rings. The average molecular weight is 356 g/mol. The van der Waals surface area contributed by atoms with Gasteiger partial charge in [-0.25, -0.2) is 0 Å². The van der Waals surface area contributed by atoms with Crippen molar-refractivity contribution in [2.45, 2.75) is 13.3 Å². The zero-order valence-corrected chi connectivity index (χ0v) is 15.1. The first-order chi connectivity index (χ1) is 12.5. The predicted molar refractivity (Wildman–Crippen MR) is 101 cm³/mol. The molecule has 2 aromatic carbocycles. The summed E-state index contributed by atoms with van der Waals surface area (Å²) in [6.45, 7) is 2.36. The van der Waals surface area contributed by atoms with E-state index in [0.717, 1.165) is 16.5 Å². The highest BCUT2D eigenvalue weighted by atomic mass is 16.5. The lowest BCUT2D eigenvalue weighted by Gasteiger charge is -2.15. The Bertz CT molecular complexity index is 797. The molecule has 0 aliphatic carbocycles. The van der Waals surface area contributed by atoms with Gasteiger partial charge in [-0.2, -0.15) is 0 Å². The second-order valence-corrected chi connectivity index (χ2v) is 6.05. The standard InChI is InChI=1S/C20H24N2O4/c1-15(24)19(13-22(2)14-23)20(25)21-10-5-11-26-18-9-8-16-6-3-4-7-17(16)12-18/h3-4,6-9,12,14,24H,5,10-11,13H2,1-2H3,(H,21,25)/b19-15-. The van der Waals surface area contributed by atoms with Crippen LogP contribution >= 0.6 is 0 Å². The fourth-order valence-corrected chi connectivity index (χ4v) is 2.47. The van der Waals surface area contributed by atoms with E-state index in [1.54, 1.807) is 7.05 Å². The minimum atomic E-state index is -0.385. The molecule has 0 bridgehead atoms. The summed E-state index contributed by atoms with van der Waals surface area (Å²) in [6, 6.07) is 14.0. The monoisotopic (exact) mass is 356 g/mol. The highest BCUT2D eigenvalue weighted by Gasteiger charge is 2.14. The maximum Gasteiger partial charge on any atom is 0.252 e. The first kappa shape index (κ1) is 19.3. The molecule has 0 saturated heterocycles. The number of aliphatic hydroxyl groups is 1. The largest absolute Gasteiger partial charge is 0.512 e. The highest BCUT2D eigenvalue weighted by molar-refractivity contribution is 5.94. The van der Waals surface area contributed by atoms with E-state index in [-0.39, 0.29) is 23.8 Å². The molecule has 26 heavy (non-hydrogen) atoms. The van der Waals surface area contributed by atoms with Crippen LogP contribution in [0, 0.1) is 0 Å². The number of fused-ring (bicyclic) bond motifs is 1. The van der Waals surface area contributed by atoms with Crippen LogP contribution < -0.4 is 10.1 Å². The molecule has 0 aliphatic heterocycles. The maximum atomic E-state index is 12.1. The number of carbonyl (C=O) groups excluding carboxylic acids is 2. The van der Waals surface area contributed by atoms with Crippen molar-refractivity contribution in [2.24, 2.45) is 0 Å². The zero-order valence-electron chi connectivity index (χ0n) is 15.1. The van der Waals surface area contributed by atoms with Gasteiger partial charge in [-0.3, -0.25) is 9.59 Å². The lowest BCUT2D eigenvalue weighted by atomic mass is 10.1. The summed E-state index contributed by atoms with van der Waals surface area (Å²) in [5.74, 6) is 0.308. The first-order valence-electron chi connectivity index (χ1n) is 8.45. The van der Waals surface area contributed by atoms with Crippen molar-refractivity contribution >= 4 is 23.1 Å². The molecule has 0 aliphatic rings. The van der Waals surface area contributed by atoms with Crippen molar-refractivity contribution in [3.05, 3.63) is 53.8 Å². The molecule has 6 heteroatoms. The molecule has 0 aromatic heterocycles. The topological polar surface area (TPSA) is 78.9 Å². The quantitative estimate of drug-likeness (QED) is 0.313. The molecule has 0 heterocycles. The van der Waals surface area contributed by atoms with E-state index in [2.05, 4.69) is 5.32 Å². The third-order valence-electron chi connectivity index (χ3n) is 3.89. The number of carbonyl (C=O) groups is 2. The van der Waals surface area contributed by atoms with Gasteiger partial charge < -0.3 is 20.1 Å². The number of rotatable bonds is 9. The van der Waals surface area contributed by atoms with Gasteiger partial charge in [0.25, 0.3) is 5.91 Å². The number of amides is 2. The summed E-state index contributed by atoms with van der Waals surface area (Å²) in [6.07, 6.45) is 1.23. The predicted octanol–water partition coefficient (Wildman–Crippen LogP) is 2.65. The van der Waals surface area contributed by atoms with Gasteiger partial charge in [0, 0.05) is 13.6 Å². The molecule has 2 N–H and O–H groups in total. The van der Waals surface area contributed by atoms with Gasteiger partial charge in [-0.1, -0.05) is 30.3 Å². The van der Waals surface area contributed by atoms with E-state index in [0.29, 0.717) is 26.0 Å². The molecular formula is C20H24N2O4. The Morgan fingerprint density at radius 2 is 1.96 bits per heavy atom. The number of likely N-dealkylation sites (N-methyl/N-ethyl adjacent to an activating group) is 1. The molecule has 2 rings (SSSR count). The third-order valence-corrected chi connectivity index (χ3v) is 3.89. The average Bonchev–Trinajstić information content (AvgIpc) is 2.65. The number of hydrogen-bond acceptors (Lipinski definition) is 4. The van der Waals surface area contributed by atoms with Gasteiger partial charge in [-0.15, -0.1) is 0 Å². The van der Waals surface area contributed by atoms with Gasteiger partial charge in [0.2, 0.25) is 6.41 Å². The van der Waals surface area contributed by atoms with Crippen molar-refractivity contribution in [1.29, 1.82) is 0 Å². The summed E-state index contributed by atoms with van der Waals surface area (Å²) in [5.41, 5.74) is 0.176. The van der Waals surface area contributed by atoms with Crippen LogP contribution in [0.5, 0.6) is 5.75 Å². The van der Waals surface area contributed by atoms with E-state index in [4.69, 9.17) is 4.74 Å². The van der Waals surface area contributed by atoms with Gasteiger partial charge in [0.05, 0.1) is 24.5 Å². The summed E-state index contributed by atoms with van der Waals surface area (Å²) >= 11 is 0. The number of aliphatic hydroxyl groups excluding tert-OH is 1. The number of hydrogen-bond donors (Lipinski definition) is 2. The number of ether oxygens (including phenoxy) is 1. The summed E-state index contributed by atoms with van der Waals surface area (Å²) in [4.78, 5) is 24.1. The molecule has 0 unspecified atom stereocenters. The number of benzene rings is 2. The number of nitrogens with zero attached hydrogens (tertiary/aromatic N) is 1. The zero-order chi connectivity index (χ0) is 18.9. The van der Waals surface area contributed by atoms with Gasteiger partial charge in [0.1, 0.15) is 5.75 Å². The van der Waals surface area contributed by atoms with Crippen LogP contribution in [-0.2, 0) is 9.59 Å². The minimum Gasteiger partial charge on any atom is -0.512 e. The van der Waals surface area contributed by atoms with Crippen LogP contribution in [0.25, 0.3) is 10.8 Å². The maximum absolute atomic E-state index is 12.1. The van der Waals surface area contributed by atoms with Crippen LogP contribution in [0.15, 0.2) is 53.8 Å². The Kier molecular flexibility index (Phi) is 7.02. The van der Waals surface area contributed by atoms with Crippen molar-refractivity contribution in [1.82, 2.24) is 10.2 Å². The van der Waals surface area contributed by atoms with Gasteiger partial charge in [0.15, 0.2) is 0 Å². The van der Waals surface area contributed by atoms with E-state index in [1.165, 1.54) is 11.8 Å². The van der Waals surface area contributed by atoms with Crippen LogP contribution in [-0.4, -0.2) is 49.1 Å². The van der Waals surface area contributed by atoms with E-state index in [1.807, 2.05) is 42.5 Å². The Labute approximate surface area is 153 Å². The molecule has 0 saturated carbocycles. The van der Waals surface area contributed by atoms with E-state index < -0.39 is 0 Å². The van der Waals surface area contributed by atoms with Gasteiger partial charge >= 0.3 is 0 Å². The molecule has 2 amide bonds. The van der Waals surface area contributed by atoms with Crippen molar-refractivity contribution in [3.63, 3.8) is 0 Å². The van der Waals surface area contributed by atoms with Crippen LogP contribution in [0.4, 0.5) is 0 Å². The smallest absolute Gasteiger partial charge is 0.252 e. The van der Waals surface area contributed by atoms with Crippen molar-refractivity contribution in [3.8, 4) is 5.75 Å². The second-order valence-electron chi connectivity index (χ2n) is 6.05. The first-order valence-corrected chi connectivity index (χ1v) is 8.45. The minimum absolute atomic E-state index is 0.0608. The summed E-state index contributed by atoms with van der Waals surface area (Å²) < 4.78 is 5.72. The van der Waals surface area contributed by atoms with Crippen LogP contribution in [0.2, 0.25) is 0 Å². The molecule has 2 aromatic rings. The summed E-state index contributed by atoms with van der Waals surface area (Å²) in [7, 11) is 1.54. The van der Waals surface area contributed by atoms with Crippen LogP contribution in [0.3, 0.4) is 0 Å². The van der Waals surface area contributed by atoms with Crippen molar-refractivity contribution in [2.75, 3.05) is 26.7 Å². The Balaban J connectivity index is 1.77. The Morgan fingerprint density at radius 1 is 1.23 bits per heavy atom. The third kappa shape index (κ3) is 5.51. The highest BCUT2D eigenvalue weighted by Crippen LogP contribution is 2.20. The summed E-state index contributed by atoms with van der Waals surface area (Å²) in [5, 5.41) is 14.6. The molecule has 0 spiro atoms. The van der Waals surface area contributed by atoms with E-state index in [9.17, 15) is 14.7 Å². The lowest BCUT2D eigenvalue weighted by molar-refractivity contribution is -0.119. The number of allylic oxidation sites excluding steroid dienone is 1. The molecule has 0 atom stereocenters. The lowest BCUT2D eigenvalue weighted by Crippen LogP contribution is -2.32. The fourth-order valence-electron chi connectivity index (χ4n) is 2.47. The van der Waals surface area contributed by atoms with Crippen LogP contribution in [0.1, 0.15) is 13.3 Å². The SMILES string of the molecule is C/C(O)=C(\CN(C)C=O)C(=O)NCCCOc1ccc2ccccc2c1. The normalized spacial score (nSPS) is 11.6. The molecule has 138 valence electrons. The van der Waals surface area contributed by atoms with E-state index >= 15 is 0 Å². The fraction of sp³-hybridized carbons (Fsp3) is 0.300. The Hall–Kier alpha value is -3.02. The molecule has 6 nitrogen and oxygen atoms in total. The second kappa shape index (κ2) is 9.46. The number of nitrogens with one attached hydrogen (secondary N) is 1. The molecule has 0 radical (unpaired) electrons. The van der Waals surface area contributed by atoms with Crippen molar-refractivity contribution < 1.29 is 19.4 Å².